The van der Waals surface area contributed by atoms with E-state index >= 15 is 0 Å². The summed E-state index contributed by atoms with van der Waals surface area (Å²) in [6.07, 6.45) is 0. The van der Waals surface area contributed by atoms with Crippen molar-refractivity contribution in [2.24, 2.45) is 12.8 Å². The van der Waals surface area contributed by atoms with Gasteiger partial charge in [-0.25, -0.2) is 0 Å². The highest BCUT2D eigenvalue weighted by Crippen LogP contribution is 2.29. The molecule has 0 saturated carbocycles. The summed E-state index contributed by atoms with van der Waals surface area (Å²) in [6, 6.07) is 12.0. The van der Waals surface area contributed by atoms with Gasteiger partial charge in [0.2, 0.25) is 11.8 Å². The number of halogens is 1. The van der Waals surface area contributed by atoms with Crippen LogP contribution in [0.3, 0.4) is 0 Å². The van der Waals surface area contributed by atoms with Crippen molar-refractivity contribution in [2.75, 3.05) is 6.54 Å². The number of benzene rings is 2. The number of nitrogens with two attached hydrogens (primary N) is 1. The number of carbonyl (C=O) groups excluding carboxylic acids is 3. The molecular formula is C22H21ClN4O3. The number of nitrogens with zero attached hydrogens (tertiary/aromatic N) is 2. The largest absolute Gasteiger partial charge is 0.366 e. The lowest BCUT2D eigenvalue weighted by Gasteiger charge is -2.34. The maximum atomic E-state index is 13.1. The molecule has 7 nitrogen and oxygen atoms in total. The Labute approximate surface area is 178 Å². The molecule has 3 amide bonds. The molecule has 154 valence electrons. The van der Waals surface area contributed by atoms with Crippen LogP contribution in [0.25, 0.3) is 10.9 Å². The lowest BCUT2D eigenvalue weighted by atomic mass is 9.93. The summed E-state index contributed by atoms with van der Waals surface area (Å²) in [5.74, 6) is -0.902. The van der Waals surface area contributed by atoms with Crippen LogP contribution in [-0.4, -0.2) is 33.7 Å². The molecule has 2 heterocycles. The molecule has 1 atom stereocenters. The Bertz CT molecular complexity index is 1200. The van der Waals surface area contributed by atoms with Crippen LogP contribution in [0, 0.1) is 0 Å². The normalized spacial score (nSPS) is 15.7. The molecule has 2 aromatic carbocycles. The Kier molecular flexibility index (Phi) is 4.99. The first-order chi connectivity index (χ1) is 14.2. The molecule has 1 aliphatic rings. The molecule has 1 aliphatic heterocycles. The predicted molar refractivity (Wildman–Crippen MR) is 114 cm³/mol. The van der Waals surface area contributed by atoms with Gasteiger partial charge in [-0.05, 0) is 41.5 Å². The van der Waals surface area contributed by atoms with E-state index in [1.807, 2.05) is 25.2 Å². The third-order valence-corrected chi connectivity index (χ3v) is 5.79. The molecule has 3 N–H and O–H groups in total. The molecule has 0 spiro atoms. The number of hydrogen-bond acceptors (Lipinski definition) is 3. The second-order valence-corrected chi connectivity index (χ2v) is 7.93. The molecule has 0 bridgehead atoms. The summed E-state index contributed by atoms with van der Waals surface area (Å²) in [5.41, 5.74) is 8.77. The average Bonchev–Trinajstić information content (AvgIpc) is 3.03. The molecule has 8 heteroatoms. The maximum Gasteiger partial charge on any atom is 0.268 e. The van der Waals surface area contributed by atoms with E-state index < -0.39 is 11.9 Å². The zero-order valence-electron chi connectivity index (χ0n) is 16.6. The first-order valence-electron chi connectivity index (χ1n) is 9.48. The number of rotatable bonds is 3. The first-order valence-corrected chi connectivity index (χ1v) is 9.86. The predicted octanol–water partition coefficient (Wildman–Crippen LogP) is 2.76. The molecule has 1 unspecified atom stereocenters. The van der Waals surface area contributed by atoms with Crippen molar-refractivity contribution in [1.29, 1.82) is 0 Å². The second kappa shape index (κ2) is 7.50. The number of primary amides is 1. The number of nitrogens with one attached hydrogen (secondary N) is 1. The lowest BCUT2D eigenvalue weighted by molar-refractivity contribution is -0.130. The molecular weight excluding hydrogens is 404 g/mol. The number of amides is 3. The van der Waals surface area contributed by atoms with E-state index in [2.05, 4.69) is 5.32 Å². The van der Waals surface area contributed by atoms with Gasteiger partial charge < -0.3 is 20.5 Å². The number of fused-ring (bicyclic) bond motifs is 2. The van der Waals surface area contributed by atoms with Crippen LogP contribution >= 0.6 is 11.6 Å². The van der Waals surface area contributed by atoms with E-state index in [-0.39, 0.29) is 11.8 Å². The molecule has 0 saturated heterocycles. The van der Waals surface area contributed by atoms with E-state index in [1.54, 1.807) is 33.7 Å². The molecule has 3 aromatic rings. The van der Waals surface area contributed by atoms with Crippen LogP contribution in [0.2, 0.25) is 5.02 Å². The Morgan fingerprint density at radius 1 is 1.13 bits per heavy atom. The summed E-state index contributed by atoms with van der Waals surface area (Å²) in [7, 11) is 1.81. The Morgan fingerprint density at radius 2 is 1.90 bits per heavy atom. The molecule has 4 rings (SSSR count). The highest BCUT2D eigenvalue weighted by molar-refractivity contribution is 6.31. The summed E-state index contributed by atoms with van der Waals surface area (Å²) >= 11 is 6.09. The van der Waals surface area contributed by atoms with E-state index in [9.17, 15) is 14.4 Å². The van der Waals surface area contributed by atoms with E-state index in [0.717, 1.165) is 22.0 Å². The fourth-order valence-corrected chi connectivity index (χ4v) is 4.11. The number of aryl methyl sites for hydroxylation is 1. The summed E-state index contributed by atoms with van der Waals surface area (Å²) < 4.78 is 1.79. The molecule has 1 aromatic heterocycles. The Morgan fingerprint density at radius 3 is 2.60 bits per heavy atom. The molecule has 0 aliphatic carbocycles. The van der Waals surface area contributed by atoms with Crippen molar-refractivity contribution < 1.29 is 14.4 Å². The third kappa shape index (κ3) is 3.52. The number of hydrogen-bond donors (Lipinski definition) is 2. The molecule has 0 radical (unpaired) electrons. The summed E-state index contributed by atoms with van der Waals surface area (Å²) in [5, 5.41) is 4.54. The highest BCUT2D eigenvalue weighted by atomic mass is 35.5. The maximum absolute atomic E-state index is 13.1. The van der Waals surface area contributed by atoms with Gasteiger partial charge in [0, 0.05) is 48.5 Å². The molecule has 0 fully saturated rings. The van der Waals surface area contributed by atoms with Gasteiger partial charge in [-0.2, -0.15) is 0 Å². The standard InChI is InChI=1S/C22H21ClN4O3/c1-12(28)27-10-15-7-14(21(24)29)4-6-17(15)18(11-27)25-22(30)20-8-13-3-5-16(23)9-19(13)26(20)2/h3-9,18H,10-11H2,1-2H3,(H2,24,29)(H,25,30). The van der Waals surface area contributed by atoms with Crippen molar-refractivity contribution in [1.82, 2.24) is 14.8 Å². The Hall–Kier alpha value is -3.32. The van der Waals surface area contributed by atoms with Gasteiger partial charge in [0.1, 0.15) is 5.69 Å². The van der Waals surface area contributed by atoms with Crippen LogP contribution in [0.4, 0.5) is 0 Å². The van der Waals surface area contributed by atoms with Crippen molar-refractivity contribution >= 4 is 40.2 Å². The topological polar surface area (TPSA) is 97.4 Å². The third-order valence-electron chi connectivity index (χ3n) is 5.56. The number of aromatic nitrogens is 1. The number of carbonyl (C=O) groups is 3. The van der Waals surface area contributed by atoms with Gasteiger partial charge in [0.15, 0.2) is 0 Å². The van der Waals surface area contributed by atoms with Gasteiger partial charge in [-0.15, -0.1) is 0 Å². The van der Waals surface area contributed by atoms with Crippen LogP contribution in [0.5, 0.6) is 0 Å². The summed E-state index contributed by atoms with van der Waals surface area (Å²) in [6.45, 7) is 2.19. The minimum Gasteiger partial charge on any atom is -0.366 e. The van der Waals surface area contributed by atoms with Gasteiger partial charge >= 0.3 is 0 Å². The average molecular weight is 425 g/mol. The van der Waals surface area contributed by atoms with E-state index in [4.69, 9.17) is 17.3 Å². The zero-order chi connectivity index (χ0) is 21.6. The van der Waals surface area contributed by atoms with Crippen LogP contribution in [-0.2, 0) is 18.4 Å². The lowest BCUT2D eigenvalue weighted by Crippen LogP contribution is -2.44. The quantitative estimate of drug-likeness (QED) is 0.676. The smallest absolute Gasteiger partial charge is 0.268 e. The highest BCUT2D eigenvalue weighted by Gasteiger charge is 2.29. The SMILES string of the molecule is CC(=O)N1Cc2cc(C(N)=O)ccc2C(NC(=O)c2cc3ccc(Cl)cc3n2C)C1. The van der Waals surface area contributed by atoms with Gasteiger partial charge in [0.25, 0.3) is 5.91 Å². The zero-order valence-corrected chi connectivity index (χ0v) is 17.4. The van der Waals surface area contributed by atoms with E-state index in [1.165, 1.54) is 6.92 Å². The minimum atomic E-state index is -0.535. The van der Waals surface area contributed by atoms with Crippen LogP contribution < -0.4 is 11.1 Å². The van der Waals surface area contributed by atoms with Crippen LogP contribution in [0.1, 0.15) is 44.9 Å². The fraction of sp³-hybridized carbons (Fsp3) is 0.227. The Balaban J connectivity index is 1.68. The van der Waals surface area contributed by atoms with Crippen molar-refractivity contribution in [3.8, 4) is 0 Å². The van der Waals surface area contributed by atoms with E-state index in [0.29, 0.717) is 29.4 Å². The monoisotopic (exact) mass is 424 g/mol. The van der Waals surface area contributed by atoms with Crippen LogP contribution in [0.15, 0.2) is 42.5 Å². The van der Waals surface area contributed by atoms with Gasteiger partial charge in [-0.1, -0.05) is 23.7 Å². The fourth-order valence-electron chi connectivity index (χ4n) is 3.94. The van der Waals surface area contributed by atoms with Gasteiger partial charge in [0.05, 0.1) is 6.04 Å². The summed E-state index contributed by atoms with van der Waals surface area (Å²) in [4.78, 5) is 38.3. The van der Waals surface area contributed by atoms with Crippen molar-refractivity contribution in [3.63, 3.8) is 0 Å². The molecule has 30 heavy (non-hydrogen) atoms. The minimum absolute atomic E-state index is 0.108. The van der Waals surface area contributed by atoms with Crippen molar-refractivity contribution in [2.45, 2.75) is 19.5 Å². The van der Waals surface area contributed by atoms with Gasteiger partial charge in [-0.3, -0.25) is 14.4 Å². The second-order valence-electron chi connectivity index (χ2n) is 7.50. The first kappa shape index (κ1) is 20.0. The van der Waals surface area contributed by atoms with Crippen molar-refractivity contribution in [3.05, 3.63) is 69.9 Å².